The molecule has 0 unspecified atom stereocenters. The first kappa shape index (κ1) is 24.9. The Hall–Kier alpha value is -2.38. The van der Waals surface area contributed by atoms with Gasteiger partial charge in [-0.25, -0.2) is 0 Å². The highest BCUT2D eigenvalue weighted by atomic mass is 19.4. The summed E-state index contributed by atoms with van der Waals surface area (Å²) in [5, 5.41) is 20.2. The molecule has 2 aromatic rings. The molecule has 0 heterocycles. The minimum absolute atomic E-state index is 0.0438. The molecule has 0 spiro atoms. The Kier molecular flexibility index (Phi) is 5.90. The number of hydrogen-bond acceptors (Lipinski definition) is 2. The van der Waals surface area contributed by atoms with Crippen molar-refractivity contribution in [2.24, 2.45) is 0 Å². The summed E-state index contributed by atoms with van der Waals surface area (Å²) in [5.74, 6) is -0.786. The molecule has 0 aromatic heterocycles. The van der Waals surface area contributed by atoms with Crippen molar-refractivity contribution >= 4 is 0 Å². The van der Waals surface area contributed by atoms with Crippen LogP contribution in [0.2, 0.25) is 0 Å². The molecule has 0 saturated heterocycles. The molecule has 2 aromatic carbocycles. The number of alkyl halides is 6. The second-order valence-electron chi connectivity index (χ2n) is 9.71. The van der Waals surface area contributed by atoms with Crippen LogP contribution in [0, 0.1) is 0 Å². The van der Waals surface area contributed by atoms with E-state index in [0.717, 1.165) is 24.3 Å². The van der Waals surface area contributed by atoms with Crippen LogP contribution in [0.15, 0.2) is 36.4 Å². The molecule has 8 heteroatoms. The van der Waals surface area contributed by atoms with E-state index in [1.54, 1.807) is 41.5 Å². The van der Waals surface area contributed by atoms with Crippen LogP contribution in [0.5, 0.6) is 11.5 Å². The molecule has 2 nitrogen and oxygen atoms in total. The first-order valence-corrected chi connectivity index (χ1v) is 9.56. The monoisotopic (exact) mass is 448 g/mol. The third-order valence-corrected chi connectivity index (χ3v) is 5.33. The Balaban J connectivity index is 3.06. The summed E-state index contributed by atoms with van der Waals surface area (Å²) >= 11 is 0. The van der Waals surface area contributed by atoms with Crippen LogP contribution in [-0.4, -0.2) is 22.6 Å². The summed E-state index contributed by atoms with van der Waals surface area (Å²) in [6, 6.07) is 4.53. The summed E-state index contributed by atoms with van der Waals surface area (Å²) < 4.78 is 86.7. The highest BCUT2D eigenvalue weighted by molar-refractivity contribution is 5.53. The fourth-order valence-corrected chi connectivity index (χ4v) is 3.72. The predicted molar refractivity (Wildman–Crippen MR) is 107 cm³/mol. The number of phenolic OH excluding ortho intramolecular Hbond substituents is 2. The lowest BCUT2D eigenvalue weighted by Gasteiger charge is -2.39. The van der Waals surface area contributed by atoms with Crippen LogP contribution < -0.4 is 0 Å². The summed E-state index contributed by atoms with van der Waals surface area (Å²) in [7, 11) is 0. The van der Waals surface area contributed by atoms with Gasteiger partial charge in [-0.15, -0.1) is 0 Å². The maximum Gasteiger partial charge on any atom is 0.411 e. The average molecular weight is 448 g/mol. The molecule has 0 aliphatic rings. The summed E-state index contributed by atoms with van der Waals surface area (Å²) in [4.78, 5) is 0. The second kappa shape index (κ2) is 7.35. The van der Waals surface area contributed by atoms with Gasteiger partial charge in [0.25, 0.3) is 0 Å². The van der Waals surface area contributed by atoms with Crippen molar-refractivity contribution in [2.75, 3.05) is 0 Å². The van der Waals surface area contributed by atoms with E-state index in [4.69, 9.17) is 0 Å². The van der Waals surface area contributed by atoms with E-state index in [1.807, 2.05) is 0 Å². The second-order valence-corrected chi connectivity index (χ2v) is 9.71. The first-order valence-electron chi connectivity index (χ1n) is 9.56. The molecule has 2 rings (SSSR count). The third-order valence-electron chi connectivity index (χ3n) is 5.33. The molecule has 0 amide bonds. The standard InChI is InChI=1S/C23H26F6O2/c1-19(2,3)15-11-13(7-9-17(15)30)21(22(24,25)26,23(27,28)29)14-8-10-18(31)16(12-14)20(4,5)6/h7-12,30-31H,1-6H3. The van der Waals surface area contributed by atoms with Gasteiger partial charge in [-0.2, -0.15) is 26.3 Å². The molecular formula is C23H26F6O2. The van der Waals surface area contributed by atoms with Crippen molar-refractivity contribution in [3.05, 3.63) is 58.7 Å². The highest BCUT2D eigenvalue weighted by Gasteiger charge is 2.72. The number of halogens is 6. The van der Waals surface area contributed by atoms with Crippen LogP contribution in [0.25, 0.3) is 0 Å². The van der Waals surface area contributed by atoms with Gasteiger partial charge in [0.15, 0.2) is 0 Å². The molecule has 0 radical (unpaired) electrons. The van der Waals surface area contributed by atoms with Crippen molar-refractivity contribution in [2.45, 2.75) is 70.1 Å². The van der Waals surface area contributed by atoms with Gasteiger partial charge in [-0.3, -0.25) is 0 Å². The summed E-state index contributed by atoms with van der Waals surface area (Å²) in [6.07, 6.45) is -11.5. The molecule has 2 N–H and O–H groups in total. The molecule has 0 atom stereocenters. The fourth-order valence-electron chi connectivity index (χ4n) is 3.72. The number of hydrogen-bond donors (Lipinski definition) is 2. The highest BCUT2D eigenvalue weighted by Crippen LogP contribution is 2.57. The molecule has 0 fully saturated rings. The van der Waals surface area contributed by atoms with Crippen LogP contribution in [0.3, 0.4) is 0 Å². The number of aromatic hydroxyl groups is 2. The number of benzene rings is 2. The minimum Gasteiger partial charge on any atom is -0.508 e. The van der Waals surface area contributed by atoms with Gasteiger partial charge in [-0.05, 0) is 45.2 Å². The Morgan fingerprint density at radius 2 is 0.839 bits per heavy atom. The van der Waals surface area contributed by atoms with E-state index < -0.39 is 51.2 Å². The van der Waals surface area contributed by atoms with Crippen LogP contribution >= 0.6 is 0 Å². The molecule has 31 heavy (non-hydrogen) atoms. The average Bonchev–Trinajstić information content (AvgIpc) is 2.53. The minimum atomic E-state index is -5.76. The molecule has 0 aliphatic carbocycles. The van der Waals surface area contributed by atoms with Crippen LogP contribution in [0.1, 0.15) is 63.8 Å². The zero-order valence-electron chi connectivity index (χ0n) is 18.1. The Bertz CT molecular complexity index is 880. The quantitative estimate of drug-likeness (QED) is 0.481. The lowest BCUT2D eigenvalue weighted by atomic mass is 9.70. The SMILES string of the molecule is CC(C)(C)c1cc(C(c2ccc(O)c(C(C)(C)C)c2)(C(F)(F)F)C(F)(F)F)ccc1O. The van der Waals surface area contributed by atoms with Crippen LogP contribution in [-0.2, 0) is 16.2 Å². The van der Waals surface area contributed by atoms with Crippen molar-refractivity contribution < 1.29 is 36.6 Å². The molecule has 0 saturated carbocycles. The van der Waals surface area contributed by atoms with Crippen molar-refractivity contribution in [1.29, 1.82) is 0 Å². The topological polar surface area (TPSA) is 40.5 Å². The van der Waals surface area contributed by atoms with Gasteiger partial charge in [0.1, 0.15) is 11.5 Å². The Morgan fingerprint density at radius 1 is 0.548 bits per heavy atom. The van der Waals surface area contributed by atoms with Crippen molar-refractivity contribution in [3.63, 3.8) is 0 Å². The van der Waals surface area contributed by atoms with Crippen LogP contribution in [0.4, 0.5) is 26.3 Å². The zero-order valence-corrected chi connectivity index (χ0v) is 18.1. The van der Waals surface area contributed by atoms with E-state index in [-0.39, 0.29) is 11.1 Å². The fraction of sp³-hybridized carbons (Fsp3) is 0.478. The first-order chi connectivity index (χ1) is 13.7. The predicted octanol–water partition coefficient (Wildman–Crippen LogP) is 7.10. The summed E-state index contributed by atoms with van der Waals surface area (Å²) in [6.45, 7) is 9.46. The zero-order chi connectivity index (χ0) is 24.2. The third kappa shape index (κ3) is 4.21. The van der Waals surface area contributed by atoms with Gasteiger partial charge in [0.05, 0.1) is 0 Å². The van der Waals surface area contributed by atoms with Gasteiger partial charge >= 0.3 is 12.4 Å². The smallest absolute Gasteiger partial charge is 0.411 e. The Morgan fingerprint density at radius 3 is 1.06 bits per heavy atom. The van der Waals surface area contributed by atoms with Crippen molar-refractivity contribution in [1.82, 2.24) is 0 Å². The Labute approximate surface area is 177 Å². The van der Waals surface area contributed by atoms with E-state index in [0.29, 0.717) is 12.1 Å². The molecular weight excluding hydrogens is 422 g/mol. The molecule has 172 valence electrons. The molecule has 0 aliphatic heterocycles. The van der Waals surface area contributed by atoms with Gasteiger partial charge in [0.2, 0.25) is 5.41 Å². The maximum absolute atomic E-state index is 14.5. The van der Waals surface area contributed by atoms with Gasteiger partial charge in [0, 0.05) is 0 Å². The summed E-state index contributed by atoms with van der Waals surface area (Å²) in [5.41, 5.74) is -8.37. The van der Waals surface area contributed by atoms with Gasteiger partial charge < -0.3 is 10.2 Å². The lowest BCUT2D eigenvalue weighted by molar-refractivity contribution is -0.288. The normalized spacial score (nSPS) is 14.1. The van der Waals surface area contributed by atoms with Gasteiger partial charge in [-0.1, -0.05) is 65.8 Å². The van der Waals surface area contributed by atoms with E-state index >= 15 is 0 Å². The van der Waals surface area contributed by atoms with E-state index in [2.05, 4.69) is 0 Å². The van der Waals surface area contributed by atoms with E-state index in [1.165, 1.54) is 0 Å². The van der Waals surface area contributed by atoms with E-state index in [9.17, 15) is 36.6 Å². The largest absolute Gasteiger partial charge is 0.508 e. The maximum atomic E-state index is 14.5. The lowest BCUT2D eigenvalue weighted by Crippen LogP contribution is -2.55. The van der Waals surface area contributed by atoms with Crippen molar-refractivity contribution in [3.8, 4) is 11.5 Å². The number of phenols is 2. The number of rotatable bonds is 2. The molecule has 0 bridgehead atoms.